The standard InChI is InChI=1S/C14H23N/c1-4-12(2)11-15-10-9-14-8-6-5-7-13(14)3/h5-8,12,15H,4,9-11H2,1-3H3. The molecular formula is C14H23N. The molecule has 0 saturated heterocycles. The maximum absolute atomic E-state index is 3.51. The zero-order valence-corrected chi connectivity index (χ0v) is 10.2. The van der Waals surface area contributed by atoms with Crippen molar-refractivity contribution in [2.45, 2.75) is 33.6 Å². The Balaban J connectivity index is 2.23. The van der Waals surface area contributed by atoms with Gasteiger partial charge in [0, 0.05) is 0 Å². The van der Waals surface area contributed by atoms with Gasteiger partial charge in [0.2, 0.25) is 0 Å². The fourth-order valence-corrected chi connectivity index (χ4v) is 1.61. The van der Waals surface area contributed by atoms with Gasteiger partial charge < -0.3 is 5.32 Å². The molecule has 0 aliphatic heterocycles. The van der Waals surface area contributed by atoms with Crippen molar-refractivity contribution in [3.63, 3.8) is 0 Å². The molecule has 1 nitrogen and oxygen atoms in total. The Morgan fingerprint density at radius 3 is 2.67 bits per heavy atom. The monoisotopic (exact) mass is 205 g/mol. The maximum Gasteiger partial charge on any atom is -0.000814 e. The van der Waals surface area contributed by atoms with Crippen LogP contribution in [0, 0.1) is 12.8 Å². The Bertz CT molecular complexity index is 280. The van der Waals surface area contributed by atoms with Gasteiger partial charge in [-0.15, -0.1) is 0 Å². The molecule has 0 aromatic heterocycles. The predicted octanol–water partition coefficient (Wildman–Crippen LogP) is 3.17. The fraction of sp³-hybridized carbons (Fsp3) is 0.571. The molecule has 0 aliphatic rings. The van der Waals surface area contributed by atoms with Gasteiger partial charge >= 0.3 is 0 Å². The quantitative estimate of drug-likeness (QED) is 0.703. The summed E-state index contributed by atoms with van der Waals surface area (Å²) in [5, 5.41) is 3.51. The van der Waals surface area contributed by atoms with Gasteiger partial charge in [0.15, 0.2) is 0 Å². The lowest BCUT2D eigenvalue weighted by molar-refractivity contribution is 0.502. The lowest BCUT2D eigenvalue weighted by Crippen LogP contribution is -2.23. The Morgan fingerprint density at radius 1 is 1.27 bits per heavy atom. The average molecular weight is 205 g/mol. The number of aryl methyl sites for hydroxylation is 1. The Hall–Kier alpha value is -0.820. The van der Waals surface area contributed by atoms with E-state index < -0.39 is 0 Å². The van der Waals surface area contributed by atoms with Gasteiger partial charge in [-0.2, -0.15) is 0 Å². The summed E-state index contributed by atoms with van der Waals surface area (Å²) in [5.74, 6) is 0.793. The largest absolute Gasteiger partial charge is 0.316 e. The van der Waals surface area contributed by atoms with Gasteiger partial charge in [0.05, 0.1) is 0 Å². The van der Waals surface area contributed by atoms with Crippen LogP contribution in [-0.2, 0) is 6.42 Å². The predicted molar refractivity (Wildman–Crippen MR) is 67.2 cm³/mol. The normalized spacial score (nSPS) is 12.7. The van der Waals surface area contributed by atoms with Crippen LogP contribution in [-0.4, -0.2) is 13.1 Å². The first kappa shape index (κ1) is 12.3. The van der Waals surface area contributed by atoms with Crippen LogP contribution in [0.25, 0.3) is 0 Å². The molecule has 0 fully saturated rings. The van der Waals surface area contributed by atoms with Crippen molar-refractivity contribution in [1.82, 2.24) is 5.32 Å². The molecule has 1 unspecified atom stereocenters. The Kier molecular flexibility index (Phi) is 5.41. The van der Waals surface area contributed by atoms with Crippen LogP contribution in [0.1, 0.15) is 31.4 Å². The van der Waals surface area contributed by atoms with Crippen LogP contribution in [0.3, 0.4) is 0 Å². The van der Waals surface area contributed by atoms with Crippen molar-refractivity contribution in [3.05, 3.63) is 35.4 Å². The molecule has 1 heteroatoms. The SMILES string of the molecule is CCC(C)CNCCc1ccccc1C. The van der Waals surface area contributed by atoms with Crippen LogP contribution in [0.15, 0.2) is 24.3 Å². The molecule has 84 valence electrons. The minimum Gasteiger partial charge on any atom is -0.316 e. The third-order valence-corrected chi connectivity index (χ3v) is 3.02. The summed E-state index contributed by atoms with van der Waals surface area (Å²) in [6.07, 6.45) is 2.40. The molecule has 0 spiro atoms. The van der Waals surface area contributed by atoms with E-state index in [1.54, 1.807) is 0 Å². The van der Waals surface area contributed by atoms with Crippen molar-refractivity contribution in [2.24, 2.45) is 5.92 Å². The van der Waals surface area contributed by atoms with Crippen LogP contribution in [0.2, 0.25) is 0 Å². The second-order valence-electron chi connectivity index (χ2n) is 4.39. The second kappa shape index (κ2) is 6.62. The molecule has 0 saturated carbocycles. The van der Waals surface area contributed by atoms with E-state index in [0.29, 0.717) is 0 Å². The highest BCUT2D eigenvalue weighted by molar-refractivity contribution is 5.25. The fourth-order valence-electron chi connectivity index (χ4n) is 1.61. The number of benzene rings is 1. The minimum absolute atomic E-state index is 0.793. The van der Waals surface area contributed by atoms with Gasteiger partial charge in [-0.1, -0.05) is 44.5 Å². The average Bonchev–Trinajstić information content (AvgIpc) is 2.26. The highest BCUT2D eigenvalue weighted by Gasteiger charge is 1.99. The zero-order chi connectivity index (χ0) is 11.1. The molecule has 1 atom stereocenters. The molecule has 0 bridgehead atoms. The summed E-state index contributed by atoms with van der Waals surface area (Å²) in [6, 6.07) is 8.63. The highest BCUT2D eigenvalue weighted by atomic mass is 14.8. The summed E-state index contributed by atoms with van der Waals surface area (Å²) in [6.45, 7) is 8.95. The van der Waals surface area contributed by atoms with E-state index in [-0.39, 0.29) is 0 Å². The number of hydrogen-bond donors (Lipinski definition) is 1. The maximum atomic E-state index is 3.51. The number of rotatable bonds is 6. The van der Waals surface area contributed by atoms with Gasteiger partial charge in [-0.25, -0.2) is 0 Å². The minimum atomic E-state index is 0.793. The van der Waals surface area contributed by atoms with Crippen molar-refractivity contribution < 1.29 is 0 Å². The molecule has 1 N–H and O–H groups in total. The van der Waals surface area contributed by atoms with Gasteiger partial charge in [-0.05, 0) is 43.5 Å². The summed E-state index contributed by atoms with van der Waals surface area (Å²) >= 11 is 0. The molecule has 0 amide bonds. The second-order valence-corrected chi connectivity index (χ2v) is 4.39. The van der Waals surface area contributed by atoms with E-state index in [9.17, 15) is 0 Å². The van der Waals surface area contributed by atoms with E-state index >= 15 is 0 Å². The highest BCUT2D eigenvalue weighted by Crippen LogP contribution is 2.07. The number of nitrogens with one attached hydrogen (secondary N) is 1. The van der Waals surface area contributed by atoms with Crippen molar-refractivity contribution >= 4 is 0 Å². The van der Waals surface area contributed by atoms with Crippen molar-refractivity contribution in [1.29, 1.82) is 0 Å². The molecule has 1 aromatic rings. The molecule has 0 heterocycles. The number of hydrogen-bond acceptors (Lipinski definition) is 1. The van der Waals surface area contributed by atoms with E-state index in [0.717, 1.165) is 25.4 Å². The molecular weight excluding hydrogens is 182 g/mol. The smallest absolute Gasteiger partial charge is 0.000814 e. The molecule has 1 rings (SSSR count). The summed E-state index contributed by atoms with van der Waals surface area (Å²) in [7, 11) is 0. The van der Waals surface area contributed by atoms with E-state index in [1.807, 2.05) is 0 Å². The van der Waals surface area contributed by atoms with Crippen LogP contribution in [0.4, 0.5) is 0 Å². The van der Waals surface area contributed by atoms with Gasteiger partial charge in [0.25, 0.3) is 0 Å². The summed E-state index contributed by atoms with van der Waals surface area (Å²) in [5.41, 5.74) is 2.87. The summed E-state index contributed by atoms with van der Waals surface area (Å²) in [4.78, 5) is 0. The Morgan fingerprint density at radius 2 is 2.00 bits per heavy atom. The third-order valence-electron chi connectivity index (χ3n) is 3.02. The first-order valence-corrected chi connectivity index (χ1v) is 5.99. The van der Waals surface area contributed by atoms with E-state index in [4.69, 9.17) is 0 Å². The topological polar surface area (TPSA) is 12.0 Å². The lowest BCUT2D eigenvalue weighted by atomic mass is 10.1. The Labute approximate surface area is 93.9 Å². The van der Waals surface area contributed by atoms with Crippen LogP contribution < -0.4 is 5.32 Å². The first-order valence-electron chi connectivity index (χ1n) is 5.99. The molecule has 15 heavy (non-hydrogen) atoms. The van der Waals surface area contributed by atoms with Crippen LogP contribution in [0.5, 0.6) is 0 Å². The molecule has 0 radical (unpaired) electrons. The lowest BCUT2D eigenvalue weighted by Gasteiger charge is -2.10. The van der Waals surface area contributed by atoms with E-state index in [1.165, 1.54) is 17.5 Å². The third kappa shape index (κ3) is 4.48. The van der Waals surface area contributed by atoms with Gasteiger partial charge in [0.1, 0.15) is 0 Å². The van der Waals surface area contributed by atoms with Crippen molar-refractivity contribution in [2.75, 3.05) is 13.1 Å². The summed E-state index contributed by atoms with van der Waals surface area (Å²) < 4.78 is 0. The zero-order valence-electron chi connectivity index (χ0n) is 10.2. The van der Waals surface area contributed by atoms with Crippen molar-refractivity contribution in [3.8, 4) is 0 Å². The molecule has 0 aliphatic carbocycles. The van der Waals surface area contributed by atoms with Crippen LogP contribution >= 0.6 is 0 Å². The molecule has 1 aromatic carbocycles. The van der Waals surface area contributed by atoms with E-state index in [2.05, 4.69) is 50.4 Å². The van der Waals surface area contributed by atoms with Gasteiger partial charge in [-0.3, -0.25) is 0 Å². The first-order chi connectivity index (χ1) is 7.24.